The van der Waals surface area contributed by atoms with E-state index in [2.05, 4.69) is 9.71 Å². The number of imidazole rings is 1. The van der Waals surface area contributed by atoms with Crippen molar-refractivity contribution in [2.24, 2.45) is 7.05 Å². The first-order valence-electron chi connectivity index (χ1n) is 6.92. The highest BCUT2D eigenvalue weighted by Crippen LogP contribution is 2.20. The largest absolute Gasteiger partial charge is 0.461 e. The van der Waals surface area contributed by atoms with Crippen LogP contribution in [0.3, 0.4) is 0 Å². The molecule has 2 aromatic heterocycles. The minimum Gasteiger partial charge on any atom is -0.461 e. The smallest absolute Gasteiger partial charge is 0.259 e. The number of fused-ring (bicyclic) bond motifs is 1. The summed E-state index contributed by atoms with van der Waals surface area (Å²) < 4.78 is 34.3. The van der Waals surface area contributed by atoms with Gasteiger partial charge in [0, 0.05) is 31.1 Å². The quantitative estimate of drug-likeness (QED) is 0.781. The van der Waals surface area contributed by atoms with Crippen molar-refractivity contribution in [1.82, 2.24) is 14.3 Å². The fraction of sp³-hybridized carbons (Fsp3) is 0.267. The summed E-state index contributed by atoms with van der Waals surface area (Å²) >= 11 is 0. The highest BCUT2D eigenvalue weighted by Gasteiger charge is 2.20. The summed E-state index contributed by atoms with van der Waals surface area (Å²) in [6.07, 6.45) is 3.40. The normalized spacial score (nSPS) is 13.5. The van der Waals surface area contributed by atoms with E-state index in [0.29, 0.717) is 6.42 Å². The third-order valence-electron chi connectivity index (χ3n) is 3.30. The minimum absolute atomic E-state index is 0.0199. The summed E-state index contributed by atoms with van der Waals surface area (Å²) in [4.78, 5) is 3.87. The summed E-state index contributed by atoms with van der Waals surface area (Å²) in [7, 11) is -1.89. The van der Waals surface area contributed by atoms with E-state index in [4.69, 9.17) is 4.42 Å². The molecule has 0 radical (unpaired) electrons. The van der Waals surface area contributed by atoms with Crippen molar-refractivity contribution in [2.45, 2.75) is 24.4 Å². The number of para-hydroxylation sites is 1. The Bertz CT molecular complexity index is 863. The van der Waals surface area contributed by atoms with Crippen LogP contribution >= 0.6 is 0 Å². The molecule has 0 fully saturated rings. The first-order valence-corrected chi connectivity index (χ1v) is 8.40. The van der Waals surface area contributed by atoms with Crippen LogP contribution in [0.2, 0.25) is 0 Å². The molecule has 1 N–H and O–H groups in total. The first kappa shape index (κ1) is 14.8. The summed E-state index contributed by atoms with van der Waals surface area (Å²) in [5.74, 6) is 0.748. The highest BCUT2D eigenvalue weighted by atomic mass is 32.2. The molecule has 22 heavy (non-hydrogen) atoms. The molecule has 1 unspecified atom stereocenters. The Morgan fingerprint density at radius 1 is 1.36 bits per heavy atom. The molecule has 0 aliphatic heterocycles. The Morgan fingerprint density at radius 2 is 2.14 bits per heavy atom. The number of furan rings is 1. The van der Waals surface area contributed by atoms with E-state index in [9.17, 15) is 8.42 Å². The van der Waals surface area contributed by atoms with E-state index in [1.54, 1.807) is 18.5 Å². The maximum atomic E-state index is 12.2. The van der Waals surface area contributed by atoms with Crippen LogP contribution < -0.4 is 4.72 Å². The van der Waals surface area contributed by atoms with Gasteiger partial charge in [-0.2, -0.15) is 0 Å². The van der Waals surface area contributed by atoms with Crippen LogP contribution in [-0.2, 0) is 23.5 Å². The SMILES string of the molecule is CC(Cc1cc2ccccc2o1)NS(=O)(=O)c1cn(C)cn1. The van der Waals surface area contributed by atoms with Crippen LogP contribution in [0.15, 0.2) is 52.3 Å². The molecule has 0 spiro atoms. The lowest BCUT2D eigenvalue weighted by atomic mass is 10.2. The Morgan fingerprint density at radius 3 is 2.82 bits per heavy atom. The molecule has 0 saturated heterocycles. The second kappa shape index (κ2) is 5.58. The lowest BCUT2D eigenvalue weighted by molar-refractivity contribution is 0.503. The molecule has 6 nitrogen and oxygen atoms in total. The van der Waals surface area contributed by atoms with Crippen molar-refractivity contribution < 1.29 is 12.8 Å². The van der Waals surface area contributed by atoms with Gasteiger partial charge in [0.05, 0.1) is 6.33 Å². The zero-order chi connectivity index (χ0) is 15.7. The Balaban J connectivity index is 1.73. The van der Waals surface area contributed by atoms with Crippen molar-refractivity contribution in [2.75, 3.05) is 0 Å². The van der Waals surface area contributed by atoms with Crippen molar-refractivity contribution in [3.63, 3.8) is 0 Å². The molecule has 0 aliphatic rings. The van der Waals surface area contributed by atoms with Crippen LogP contribution in [0.5, 0.6) is 0 Å². The molecule has 116 valence electrons. The van der Waals surface area contributed by atoms with Crippen LogP contribution in [0.1, 0.15) is 12.7 Å². The summed E-state index contributed by atoms with van der Waals surface area (Å²) in [5.41, 5.74) is 0.803. The van der Waals surface area contributed by atoms with Crippen LogP contribution in [0.4, 0.5) is 0 Å². The van der Waals surface area contributed by atoms with Crippen LogP contribution in [0.25, 0.3) is 11.0 Å². The highest BCUT2D eigenvalue weighted by molar-refractivity contribution is 7.89. The second-order valence-corrected chi connectivity index (χ2v) is 7.02. The van der Waals surface area contributed by atoms with Gasteiger partial charge in [-0.1, -0.05) is 18.2 Å². The molecule has 0 bridgehead atoms. The van der Waals surface area contributed by atoms with Crippen molar-refractivity contribution in [1.29, 1.82) is 0 Å². The fourth-order valence-corrected chi connectivity index (χ4v) is 3.56. The van der Waals surface area contributed by atoms with E-state index >= 15 is 0 Å². The second-order valence-electron chi connectivity index (χ2n) is 5.35. The van der Waals surface area contributed by atoms with Gasteiger partial charge in [-0.3, -0.25) is 0 Å². The van der Waals surface area contributed by atoms with Gasteiger partial charge < -0.3 is 8.98 Å². The van der Waals surface area contributed by atoms with Gasteiger partial charge in [-0.25, -0.2) is 18.1 Å². The van der Waals surface area contributed by atoms with Gasteiger partial charge in [0.25, 0.3) is 10.0 Å². The van der Waals surface area contributed by atoms with Crippen molar-refractivity contribution >= 4 is 21.0 Å². The number of nitrogens with one attached hydrogen (secondary N) is 1. The van der Waals surface area contributed by atoms with Gasteiger partial charge in [0.1, 0.15) is 11.3 Å². The molecule has 3 aromatic rings. The number of aromatic nitrogens is 2. The molecular weight excluding hydrogens is 302 g/mol. The molecule has 1 aromatic carbocycles. The van der Waals surface area contributed by atoms with E-state index in [1.807, 2.05) is 30.3 Å². The molecular formula is C15H17N3O3S. The average molecular weight is 319 g/mol. The average Bonchev–Trinajstić information content (AvgIpc) is 3.03. The zero-order valence-electron chi connectivity index (χ0n) is 12.4. The minimum atomic E-state index is -3.61. The van der Waals surface area contributed by atoms with Crippen LogP contribution in [0, 0.1) is 0 Å². The first-order chi connectivity index (χ1) is 10.4. The molecule has 0 saturated carbocycles. The third-order valence-corrected chi connectivity index (χ3v) is 4.77. The monoisotopic (exact) mass is 319 g/mol. The number of hydrogen-bond acceptors (Lipinski definition) is 4. The number of nitrogens with zero attached hydrogens (tertiary/aromatic N) is 2. The lowest BCUT2D eigenvalue weighted by Crippen LogP contribution is -2.34. The third kappa shape index (κ3) is 3.05. The Kier molecular flexibility index (Phi) is 3.76. The maximum Gasteiger partial charge on any atom is 0.259 e. The predicted octanol–water partition coefficient (Wildman–Crippen LogP) is 2.08. The molecule has 0 amide bonds. The topological polar surface area (TPSA) is 77.1 Å². The number of aryl methyl sites for hydroxylation is 1. The zero-order valence-corrected chi connectivity index (χ0v) is 13.2. The van der Waals surface area contributed by atoms with E-state index in [-0.39, 0.29) is 11.1 Å². The number of rotatable bonds is 5. The van der Waals surface area contributed by atoms with Gasteiger partial charge >= 0.3 is 0 Å². The van der Waals surface area contributed by atoms with Gasteiger partial charge in [-0.15, -0.1) is 0 Å². The van der Waals surface area contributed by atoms with Crippen molar-refractivity contribution in [3.8, 4) is 0 Å². The molecule has 0 aliphatic carbocycles. The number of sulfonamides is 1. The van der Waals surface area contributed by atoms with E-state index in [0.717, 1.165) is 16.7 Å². The molecule has 7 heteroatoms. The predicted molar refractivity (Wildman–Crippen MR) is 82.9 cm³/mol. The Hall–Kier alpha value is -2.12. The van der Waals surface area contributed by atoms with E-state index < -0.39 is 10.0 Å². The van der Waals surface area contributed by atoms with Crippen LogP contribution in [-0.4, -0.2) is 24.0 Å². The maximum absolute atomic E-state index is 12.2. The van der Waals surface area contributed by atoms with Crippen molar-refractivity contribution in [3.05, 3.63) is 48.6 Å². The molecule has 2 heterocycles. The fourth-order valence-electron chi connectivity index (χ4n) is 2.33. The summed E-state index contributed by atoms with van der Waals surface area (Å²) in [6, 6.07) is 9.33. The van der Waals surface area contributed by atoms with Gasteiger partial charge in [0.15, 0.2) is 5.03 Å². The Labute approximate surface area is 128 Å². The van der Waals surface area contributed by atoms with E-state index in [1.165, 1.54) is 12.5 Å². The molecule has 3 rings (SSSR count). The number of hydrogen-bond donors (Lipinski definition) is 1. The lowest BCUT2D eigenvalue weighted by Gasteiger charge is -2.11. The summed E-state index contributed by atoms with van der Waals surface area (Å²) in [5, 5.41) is 1.03. The number of benzene rings is 1. The summed E-state index contributed by atoms with van der Waals surface area (Å²) in [6.45, 7) is 1.80. The standard InChI is InChI=1S/C15H17N3O3S/c1-11(17-22(19,20)15-9-18(2)10-16-15)7-13-8-12-5-3-4-6-14(12)21-13/h3-6,8-11,17H,7H2,1-2H3. The van der Waals surface area contributed by atoms with Gasteiger partial charge in [0.2, 0.25) is 0 Å². The van der Waals surface area contributed by atoms with Gasteiger partial charge in [-0.05, 0) is 19.1 Å². The molecule has 1 atom stereocenters.